The van der Waals surface area contributed by atoms with Gasteiger partial charge in [-0.1, -0.05) is 23.8 Å². The van der Waals surface area contributed by atoms with E-state index in [2.05, 4.69) is 16.7 Å². The molecule has 25 heavy (non-hydrogen) atoms. The molecule has 0 aliphatic carbocycles. The van der Waals surface area contributed by atoms with Crippen molar-refractivity contribution in [1.82, 2.24) is 5.32 Å². The third-order valence-corrected chi connectivity index (χ3v) is 3.77. The predicted molar refractivity (Wildman–Crippen MR) is 92.2 cm³/mol. The Balaban J connectivity index is 1.77. The van der Waals surface area contributed by atoms with Gasteiger partial charge in [0, 0.05) is 18.2 Å². The molecule has 0 saturated heterocycles. The number of nitrogens with one attached hydrogen (secondary N) is 2. The fraction of sp³-hybridized carbons (Fsp3) is 0.263. The Labute approximate surface area is 145 Å². The minimum absolute atomic E-state index is 0.133. The molecular formula is C19H20F2N2O2. The molecule has 6 heteroatoms. The van der Waals surface area contributed by atoms with Gasteiger partial charge in [-0.3, -0.25) is 9.59 Å². The summed E-state index contributed by atoms with van der Waals surface area (Å²) in [5.41, 5.74) is 3.52. The van der Waals surface area contributed by atoms with Crippen LogP contribution in [0.5, 0.6) is 0 Å². The lowest BCUT2D eigenvalue weighted by molar-refractivity contribution is -0.124. The van der Waals surface area contributed by atoms with Gasteiger partial charge in [-0.05, 0) is 43.5 Å². The van der Waals surface area contributed by atoms with Crippen LogP contribution in [0.25, 0.3) is 0 Å². The average molecular weight is 346 g/mol. The standard InChI is InChI=1S/C19H20F2N2O2/c1-12-3-4-14(13(2)9-12)5-8-18(24)22-11-19(25)23-15-6-7-16(20)17(21)10-15/h3-4,6-7,9-10H,5,8,11H2,1-2H3,(H,22,24)(H,23,25). The molecule has 2 rings (SSSR count). The van der Waals surface area contributed by atoms with Gasteiger partial charge < -0.3 is 10.6 Å². The lowest BCUT2D eigenvalue weighted by atomic mass is 10.0. The fourth-order valence-electron chi connectivity index (χ4n) is 2.42. The van der Waals surface area contributed by atoms with E-state index in [1.54, 1.807) is 0 Å². The molecule has 2 aromatic rings. The summed E-state index contributed by atoms with van der Waals surface area (Å²) in [5.74, 6) is -2.79. The van der Waals surface area contributed by atoms with Crippen LogP contribution in [0, 0.1) is 25.5 Å². The Kier molecular flexibility index (Phi) is 6.22. The van der Waals surface area contributed by atoms with Crippen LogP contribution in [0.3, 0.4) is 0 Å². The molecule has 0 spiro atoms. The van der Waals surface area contributed by atoms with Gasteiger partial charge in [-0.15, -0.1) is 0 Å². The van der Waals surface area contributed by atoms with E-state index in [1.165, 1.54) is 11.6 Å². The lowest BCUT2D eigenvalue weighted by Gasteiger charge is -2.09. The molecule has 2 amide bonds. The molecular weight excluding hydrogens is 326 g/mol. The Morgan fingerprint density at radius 3 is 2.40 bits per heavy atom. The molecule has 2 N–H and O–H groups in total. The first-order valence-corrected chi connectivity index (χ1v) is 7.93. The molecule has 132 valence electrons. The molecule has 0 aliphatic rings. The van der Waals surface area contributed by atoms with Gasteiger partial charge in [0.15, 0.2) is 11.6 Å². The maximum Gasteiger partial charge on any atom is 0.243 e. The van der Waals surface area contributed by atoms with E-state index in [1.807, 2.05) is 26.0 Å². The quantitative estimate of drug-likeness (QED) is 0.843. The zero-order valence-electron chi connectivity index (χ0n) is 14.2. The first-order valence-electron chi connectivity index (χ1n) is 7.93. The average Bonchev–Trinajstić information content (AvgIpc) is 2.55. The van der Waals surface area contributed by atoms with Crippen molar-refractivity contribution in [2.45, 2.75) is 26.7 Å². The monoisotopic (exact) mass is 346 g/mol. The van der Waals surface area contributed by atoms with Gasteiger partial charge in [0.05, 0.1) is 6.54 Å². The van der Waals surface area contributed by atoms with E-state index in [9.17, 15) is 18.4 Å². The number of hydrogen-bond donors (Lipinski definition) is 2. The van der Waals surface area contributed by atoms with Gasteiger partial charge in [0.2, 0.25) is 11.8 Å². The zero-order valence-corrected chi connectivity index (χ0v) is 14.2. The fourth-order valence-corrected chi connectivity index (χ4v) is 2.42. The number of rotatable bonds is 6. The van der Waals surface area contributed by atoms with E-state index < -0.39 is 17.5 Å². The predicted octanol–water partition coefficient (Wildman–Crippen LogP) is 3.27. The van der Waals surface area contributed by atoms with E-state index in [-0.39, 0.29) is 24.6 Å². The smallest absolute Gasteiger partial charge is 0.243 e. The van der Waals surface area contributed by atoms with E-state index >= 15 is 0 Å². The molecule has 0 aromatic heterocycles. The third kappa shape index (κ3) is 5.67. The highest BCUT2D eigenvalue weighted by Crippen LogP contribution is 2.13. The summed E-state index contributed by atoms with van der Waals surface area (Å²) in [6, 6.07) is 9.10. The molecule has 4 nitrogen and oxygen atoms in total. The first kappa shape index (κ1) is 18.6. The summed E-state index contributed by atoms with van der Waals surface area (Å²) < 4.78 is 25.9. The van der Waals surface area contributed by atoms with Gasteiger partial charge >= 0.3 is 0 Å². The molecule has 2 aromatic carbocycles. The molecule has 0 saturated carbocycles. The second-order valence-electron chi connectivity index (χ2n) is 5.88. The van der Waals surface area contributed by atoms with Crippen molar-refractivity contribution in [2.24, 2.45) is 0 Å². The summed E-state index contributed by atoms with van der Waals surface area (Å²) in [5, 5.41) is 4.91. The number of anilines is 1. The van der Waals surface area contributed by atoms with Crippen molar-refractivity contribution in [3.05, 3.63) is 64.7 Å². The minimum atomic E-state index is -1.05. The molecule has 0 atom stereocenters. The molecule has 0 bridgehead atoms. The molecule has 0 heterocycles. The van der Waals surface area contributed by atoms with Crippen LogP contribution >= 0.6 is 0 Å². The summed E-state index contributed by atoms with van der Waals surface area (Å²) in [6.45, 7) is 3.77. The number of amides is 2. The summed E-state index contributed by atoms with van der Waals surface area (Å²) >= 11 is 0. The maximum absolute atomic E-state index is 13.1. The highest BCUT2D eigenvalue weighted by molar-refractivity contribution is 5.94. The van der Waals surface area contributed by atoms with Gasteiger partial charge in [0.1, 0.15) is 0 Å². The van der Waals surface area contributed by atoms with Crippen LogP contribution in [-0.4, -0.2) is 18.4 Å². The first-order chi connectivity index (χ1) is 11.8. The van der Waals surface area contributed by atoms with Crippen LogP contribution in [0.15, 0.2) is 36.4 Å². The molecule has 0 unspecified atom stereocenters. The van der Waals surface area contributed by atoms with Crippen molar-refractivity contribution in [2.75, 3.05) is 11.9 Å². The Morgan fingerprint density at radius 1 is 0.960 bits per heavy atom. The highest BCUT2D eigenvalue weighted by Gasteiger charge is 2.09. The van der Waals surface area contributed by atoms with Crippen molar-refractivity contribution in [1.29, 1.82) is 0 Å². The Bertz CT molecular complexity index is 791. The topological polar surface area (TPSA) is 58.2 Å². The summed E-state index contributed by atoms with van der Waals surface area (Å²) in [6.07, 6.45) is 0.852. The van der Waals surface area contributed by atoms with Crippen molar-refractivity contribution < 1.29 is 18.4 Å². The third-order valence-electron chi connectivity index (χ3n) is 3.77. The number of benzene rings is 2. The molecule has 0 radical (unpaired) electrons. The highest BCUT2D eigenvalue weighted by atomic mass is 19.2. The van der Waals surface area contributed by atoms with Crippen molar-refractivity contribution >= 4 is 17.5 Å². The van der Waals surface area contributed by atoms with Gasteiger partial charge in [-0.25, -0.2) is 8.78 Å². The Hall–Kier alpha value is -2.76. The maximum atomic E-state index is 13.1. The van der Waals surface area contributed by atoms with Crippen LogP contribution in [0.4, 0.5) is 14.5 Å². The van der Waals surface area contributed by atoms with Crippen LogP contribution < -0.4 is 10.6 Å². The van der Waals surface area contributed by atoms with Crippen LogP contribution in [0.2, 0.25) is 0 Å². The number of halogens is 2. The number of aryl methyl sites for hydroxylation is 3. The second-order valence-corrected chi connectivity index (χ2v) is 5.88. The van der Waals surface area contributed by atoms with Gasteiger partial charge in [0.25, 0.3) is 0 Å². The van der Waals surface area contributed by atoms with Crippen molar-refractivity contribution in [3.8, 4) is 0 Å². The van der Waals surface area contributed by atoms with Crippen LogP contribution in [0.1, 0.15) is 23.1 Å². The SMILES string of the molecule is Cc1ccc(CCC(=O)NCC(=O)Nc2ccc(F)c(F)c2)c(C)c1. The van der Waals surface area contributed by atoms with Crippen LogP contribution in [-0.2, 0) is 16.0 Å². The normalized spacial score (nSPS) is 10.4. The minimum Gasteiger partial charge on any atom is -0.347 e. The van der Waals surface area contributed by atoms with Crippen molar-refractivity contribution in [3.63, 3.8) is 0 Å². The summed E-state index contributed by atoms with van der Waals surface area (Å²) in [7, 11) is 0. The van der Waals surface area contributed by atoms with Gasteiger partial charge in [-0.2, -0.15) is 0 Å². The van der Waals surface area contributed by atoms with E-state index in [0.29, 0.717) is 6.42 Å². The Morgan fingerprint density at radius 2 is 1.72 bits per heavy atom. The summed E-state index contributed by atoms with van der Waals surface area (Å²) in [4.78, 5) is 23.6. The van der Waals surface area contributed by atoms with E-state index in [0.717, 1.165) is 23.3 Å². The molecule has 0 fully saturated rings. The largest absolute Gasteiger partial charge is 0.347 e. The number of carbonyl (C=O) groups is 2. The zero-order chi connectivity index (χ0) is 18.4. The lowest BCUT2D eigenvalue weighted by Crippen LogP contribution is -2.33. The second kappa shape index (κ2) is 8.37. The van der Waals surface area contributed by atoms with E-state index in [4.69, 9.17) is 0 Å². The number of hydrogen-bond acceptors (Lipinski definition) is 2. The molecule has 0 aliphatic heterocycles. The number of carbonyl (C=O) groups excluding carboxylic acids is 2.